The summed E-state index contributed by atoms with van der Waals surface area (Å²) in [6.07, 6.45) is 0. The first kappa shape index (κ1) is 19.4. The SMILES string of the molecule is Cc1cccc(C)c1NC(=O)CN(C)C(=O)c1ccc(N2CCNC2=O)cc1. The first-order valence-electron chi connectivity index (χ1n) is 9.14. The number of nitrogens with zero attached hydrogens (tertiary/aromatic N) is 2. The van der Waals surface area contributed by atoms with Gasteiger partial charge in [0.25, 0.3) is 5.91 Å². The van der Waals surface area contributed by atoms with Gasteiger partial charge in [-0.25, -0.2) is 4.79 Å². The molecule has 7 nitrogen and oxygen atoms in total. The lowest BCUT2D eigenvalue weighted by Crippen LogP contribution is -2.35. The average Bonchev–Trinajstić information content (AvgIpc) is 3.10. The first-order chi connectivity index (χ1) is 13.4. The van der Waals surface area contributed by atoms with Crippen LogP contribution < -0.4 is 15.5 Å². The summed E-state index contributed by atoms with van der Waals surface area (Å²) in [5.74, 6) is -0.507. The lowest BCUT2D eigenvalue weighted by molar-refractivity contribution is -0.116. The van der Waals surface area contributed by atoms with Gasteiger partial charge < -0.3 is 15.5 Å². The van der Waals surface area contributed by atoms with Gasteiger partial charge in [0.05, 0.1) is 6.54 Å². The Morgan fingerprint density at radius 1 is 1.11 bits per heavy atom. The predicted molar refractivity (Wildman–Crippen MR) is 109 cm³/mol. The number of rotatable bonds is 5. The molecule has 0 unspecified atom stereocenters. The predicted octanol–water partition coefficient (Wildman–Crippen LogP) is 2.54. The third-order valence-corrected chi connectivity index (χ3v) is 4.76. The molecule has 1 aliphatic heterocycles. The van der Waals surface area contributed by atoms with Crippen molar-refractivity contribution in [2.24, 2.45) is 0 Å². The van der Waals surface area contributed by atoms with Crippen LogP contribution in [0.25, 0.3) is 0 Å². The van der Waals surface area contributed by atoms with Gasteiger partial charge in [0.2, 0.25) is 5.91 Å². The van der Waals surface area contributed by atoms with Gasteiger partial charge in [-0.05, 0) is 49.2 Å². The van der Waals surface area contributed by atoms with Crippen molar-refractivity contribution < 1.29 is 14.4 Å². The number of carbonyl (C=O) groups is 3. The molecule has 0 spiro atoms. The number of benzene rings is 2. The molecule has 2 N–H and O–H groups in total. The molecule has 3 rings (SSSR count). The van der Waals surface area contributed by atoms with Gasteiger partial charge in [0.15, 0.2) is 0 Å². The highest BCUT2D eigenvalue weighted by molar-refractivity contribution is 6.00. The average molecular weight is 380 g/mol. The molecule has 1 fully saturated rings. The van der Waals surface area contributed by atoms with Crippen LogP contribution in [0.15, 0.2) is 42.5 Å². The molecule has 0 atom stereocenters. The molecule has 1 saturated heterocycles. The fourth-order valence-corrected chi connectivity index (χ4v) is 3.20. The molecule has 0 aliphatic carbocycles. The van der Waals surface area contributed by atoms with E-state index in [0.29, 0.717) is 18.7 Å². The fraction of sp³-hybridized carbons (Fsp3) is 0.286. The molecule has 146 valence electrons. The van der Waals surface area contributed by atoms with Crippen LogP contribution in [-0.4, -0.2) is 49.4 Å². The zero-order valence-electron chi connectivity index (χ0n) is 16.3. The van der Waals surface area contributed by atoms with E-state index in [1.54, 1.807) is 36.2 Å². The van der Waals surface area contributed by atoms with Crippen molar-refractivity contribution >= 4 is 29.2 Å². The van der Waals surface area contributed by atoms with E-state index < -0.39 is 0 Å². The summed E-state index contributed by atoms with van der Waals surface area (Å²) in [6.45, 7) is 5.02. The molecule has 0 radical (unpaired) electrons. The van der Waals surface area contributed by atoms with Crippen LogP contribution in [0.4, 0.5) is 16.2 Å². The monoisotopic (exact) mass is 380 g/mol. The summed E-state index contributed by atoms with van der Waals surface area (Å²) in [5.41, 5.74) is 3.93. The quantitative estimate of drug-likeness (QED) is 0.836. The number of hydrogen-bond acceptors (Lipinski definition) is 3. The van der Waals surface area contributed by atoms with Crippen molar-refractivity contribution in [2.45, 2.75) is 13.8 Å². The van der Waals surface area contributed by atoms with Gasteiger partial charge in [-0.15, -0.1) is 0 Å². The highest BCUT2D eigenvalue weighted by Crippen LogP contribution is 2.20. The number of amides is 4. The Morgan fingerprint density at radius 3 is 2.32 bits per heavy atom. The Hall–Kier alpha value is -3.35. The molecule has 0 saturated carbocycles. The van der Waals surface area contributed by atoms with Gasteiger partial charge in [-0.2, -0.15) is 0 Å². The van der Waals surface area contributed by atoms with Crippen LogP contribution >= 0.6 is 0 Å². The molecule has 0 aromatic heterocycles. The summed E-state index contributed by atoms with van der Waals surface area (Å²) in [7, 11) is 1.59. The summed E-state index contributed by atoms with van der Waals surface area (Å²) in [5, 5.41) is 5.62. The Bertz CT molecular complexity index is 888. The summed E-state index contributed by atoms with van der Waals surface area (Å²) < 4.78 is 0. The minimum atomic E-state index is -0.255. The van der Waals surface area contributed by atoms with Gasteiger partial charge in [0, 0.05) is 37.1 Å². The Kier molecular flexibility index (Phi) is 5.63. The lowest BCUT2D eigenvalue weighted by Gasteiger charge is -2.19. The van der Waals surface area contributed by atoms with E-state index in [1.165, 1.54) is 4.90 Å². The number of urea groups is 1. The molecule has 4 amide bonds. The van der Waals surface area contributed by atoms with E-state index in [0.717, 1.165) is 22.5 Å². The highest BCUT2D eigenvalue weighted by Gasteiger charge is 2.22. The summed E-state index contributed by atoms with van der Waals surface area (Å²) in [4.78, 5) is 39.7. The van der Waals surface area contributed by atoms with Gasteiger partial charge in [0.1, 0.15) is 0 Å². The Balaban J connectivity index is 1.62. The molecule has 0 bridgehead atoms. The van der Waals surface area contributed by atoms with Crippen molar-refractivity contribution in [2.75, 3.05) is 36.9 Å². The maximum absolute atomic E-state index is 12.6. The molecular formula is C21H24N4O3. The first-order valence-corrected chi connectivity index (χ1v) is 9.14. The second-order valence-corrected chi connectivity index (χ2v) is 6.91. The minimum absolute atomic E-state index is 0.0527. The van der Waals surface area contributed by atoms with E-state index in [-0.39, 0.29) is 24.4 Å². The second-order valence-electron chi connectivity index (χ2n) is 6.91. The zero-order valence-corrected chi connectivity index (χ0v) is 16.3. The standard InChI is InChI=1S/C21H24N4O3/c1-14-5-4-6-15(2)19(14)23-18(26)13-24(3)20(27)16-7-9-17(10-8-16)25-12-11-22-21(25)28/h4-10H,11-13H2,1-3H3,(H,22,28)(H,23,26). The Labute approximate surface area is 164 Å². The molecule has 7 heteroatoms. The van der Waals surface area contributed by atoms with Crippen LogP contribution in [-0.2, 0) is 4.79 Å². The van der Waals surface area contributed by atoms with Crippen molar-refractivity contribution in [3.05, 3.63) is 59.2 Å². The lowest BCUT2D eigenvalue weighted by atomic mass is 10.1. The van der Waals surface area contributed by atoms with Crippen LogP contribution in [0.3, 0.4) is 0 Å². The smallest absolute Gasteiger partial charge is 0.321 e. The minimum Gasteiger partial charge on any atom is -0.336 e. The third kappa shape index (κ3) is 4.14. The van der Waals surface area contributed by atoms with Crippen molar-refractivity contribution in [3.8, 4) is 0 Å². The molecule has 1 heterocycles. The fourth-order valence-electron chi connectivity index (χ4n) is 3.20. The largest absolute Gasteiger partial charge is 0.336 e. The third-order valence-electron chi connectivity index (χ3n) is 4.76. The van der Waals surface area contributed by atoms with Crippen molar-refractivity contribution in [3.63, 3.8) is 0 Å². The number of para-hydroxylation sites is 1. The maximum atomic E-state index is 12.6. The summed E-state index contributed by atoms with van der Waals surface area (Å²) >= 11 is 0. The molecule has 28 heavy (non-hydrogen) atoms. The van der Waals surface area contributed by atoms with Gasteiger partial charge in [-0.1, -0.05) is 18.2 Å². The Morgan fingerprint density at radius 2 is 1.75 bits per heavy atom. The number of aryl methyl sites for hydroxylation is 2. The topological polar surface area (TPSA) is 81.8 Å². The number of hydrogen-bond donors (Lipinski definition) is 2. The maximum Gasteiger partial charge on any atom is 0.321 e. The van der Waals surface area contributed by atoms with Gasteiger partial charge >= 0.3 is 6.03 Å². The van der Waals surface area contributed by atoms with Crippen LogP contribution in [0.5, 0.6) is 0 Å². The van der Waals surface area contributed by atoms with E-state index in [1.807, 2.05) is 32.0 Å². The normalized spacial score (nSPS) is 13.2. The number of carbonyl (C=O) groups excluding carboxylic acids is 3. The van der Waals surface area contributed by atoms with Crippen molar-refractivity contribution in [1.29, 1.82) is 0 Å². The number of anilines is 2. The summed E-state index contributed by atoms with van der Waals surface area (Å²) in [6, 6.07) is 12.5. The van der Waals surface area contributed by atoms with E-state index >= 15 is 0 Å². The second kappa shape index (κ2) is 8.12. The van der Waals surface area contributed by atoms with Crippen LogP contribution in [0.1, 0.15) is 21.5 Å². The highest BCUT2D eigenvalue weighted by atomic mass is 16.2. The van der Waals surface area contributed by atoms with Crippen LogP contribution in [0, 0.1) is 13.8 Å². The van der Waals surface area contributed by atoms with Crippen molar-refractivity contribution in [1.82, 2.24) is 10.2 Å². The molecular weight excluding hydrogens is 356 g/mol. The molecule has 1 aliphatic rings. The van der Waals surface area contributed by atoms with Gasteiger partial charge in [-0.3, -0.25) is 14.5 Å². The van der Waals surface area contributed by atoms with E-state index in [9.17, 15) is 14.4 Å². The molecule has 2 aromatic carbocycles. The van der Waals surface area contributed by atoms with E-state index in [4.69, 9.17) is 0 Å². The van der Waals surface area contributed by atoms with Crippen LogP contribution in [0.2, 0.25) is 0 Å². The zero-order chi connectivity index (χ0) is 20.3. The number of likely N-dealkylation sites (N-methyl/N-ethyl adjacent to an activating group) is 1. The number of nitrogens with one attached hydrogen (secondary N) is 2. The van der Waals surface area contributed by atoms with E-state index in [2.05, 4.69) is 10.6 Å². The molecule has 2 aromatic rings.